The van der Waals surface area contributed by atoms with Gasteiger partial charge in [0, 0.05) is 5.56 Å². The van der Waals surface area contributed by atoms with Gasteiger partial charge in [0.25, 0.3) is 5.22 Å². The quantitative estimate of drug-likeness (QED) is 0.595. The molecule has 0 aliphatic carbocycles. The van der Waals surface area contributed by atoms with E-state index in [4.69, 9.17) is 4.42 Å². The van der Waals surface area contributed by atoms with E-state index in [2.05, 4.69) is 23.2 Å². The van der Waals surface area contributed by atoms with Crippen LogP contribution in [0.25, 0.3) is 0 Å². The molecule has 4 nitrogen and oxygen atoms in total. The van der Waals surface area contributed by atoms with Crippen molar-refractivity contribution in [1.82, 2.24) is 10.2 Å². The zero-order valence-corrected chi connectivity index (χ0v) is 14.2. The number of hydrogen-bond acceptors (Lipinski definition) is 6. The summed E-state index contributed by atoms with van der Waals surface area (Å²) < 4.78 is 5.45. The fraction of sp³-hybridized carbons (Fsp3) is 0.400. The molecule has 6 heteroatoms. The Kier molecular flexibility index (Phi) is 5.47. The summed E-state index contributed by atoms with van der Waals surface area (Å²) in [6, 6.07) is 4.01. The lowest BCUT2D eigenvalue weighted by molar-refractivity contribution is 0.102. The summed E-state index contributed by atoms with van der Waals surface area (Å²) in [4.78, 5) is 12.3. The lowest BCUT2D eigenvalue weighted by Gasteiger charge is -2.08. The van der Waals surface area contributed by atoms with Crippen molar-refractivity contribution in [3.8, 4) is 0 Å². The van der Waals surface area contributed by atoms with Crippen LogP contribution in [0.2, 0.25) is 0 Å². The summed E-state index contributed by atoms with van der Waals surface area (Å²) in [7, 11) is 0. The Morgan fingerprint density at radius 2 is 1.86 bits per heavy atom. The summed E-state index contributed by atoms with van der Waals surface area (Å²) in [5.74, 6) is 1.69. The van der Waals surface area contributed by atoms with Crippen LogP contribution in [0.4, 0.5) is 0 Å². The van der Waals surface area contributed by atoms with Crippen LogP contribution in [0.15, 0.2) is 21.8 Å². The Morgan fingerprint density at radius 3 is 2.57 bits per heavy atom. The molecule has 0 aliphatic rings. The summed E-state index contributed by atoms with van der Waals surface area (Å²) in [6.07, 6.45) is 1.98. The number of aryl methyl sites for hydroxylation is 3. The molecule has 0 spiro atoms. The van der Waals surface area contributed by atoms with Gasteiger partial charge in [0.15, 0.2) is 5.78 Å². The molecule has 0 unspecified atom stereocenters. The van der Waals surface area contributed by atoms with Gasteiger partial charge in [-0.15, -0.1) is 10.2 Å². The number of Topliss-reactive ketones (excluding diaryl/α,β-unsaturated/α-hetero) is 1. The highest BCUT2D eigenvalue weighted by Gasteiger charge is 2.14. The standard InChI is InChI=1S/C15H18N2O2S2/c1-9-5-11(3)12(6-10(9)2)13(18)7-21-15-17-16-14(19-15)8-20-4/h5-6H,7-8H2,1-4H3. The Bertz CT molecular complexity index is 653. The highest BCUT2D eigenvalue weighted by Crippen LogP contribution is 2.22. The van der Waals surface area contributed by atoms with Crippen molar-refractivity contribution in [1.29, 1.82) is 0 Å². The molecule has 0 bridgehead atoms. The molecule has 0 radical (unpaired) electrons. The normalized spacial score (nSPS) is 10.9. The fourth-order valence-electron chi connectivity index (χ4n) is 1.94. The van der Waals surface area contributed by atoms with Gasteiger partial charge >= 0.3 is 0 Å². The largest absolute Gasteiger partial charge is 0.415 e. The molecule has 2 aromatic rings. The SMILES string of the molecule is CSCc1nnc(SCC(=O)c2cc(C)c(C)cc2C)o1. The molecule has 0 saturated heterocycles. The second-order valence-corrected chi connectivity index (χ2v) is 6.65. The minimum Gasteiger partial charge on any atom is -0.415 e. The van der Waals surface area contributed by atoms with Crippen LogP contribution in [-0.4, -0.2) is 28.0 Å². The molecule has 21 heavy (non-hydrogen) atoms. The minimum absolute atomic E-state index is 0.0882. The number of aromatic nitrogens is 2. The molecule has 1 heterocycles. The van der Waals surface area contributed by atoms with Crippen molar-refractivity contribution in [2.24, 2.45) is 0 Å². The van der Waals surface area contributed by atoms with Crippen LogP contribution in [0, 0.1) is 20.8 Å². The van der Waals surface area contributed by atoms with E-state index in [1.807, 2.05) is 26.2 Å². The number of carbonyl (C=O) groups is 1. The lowest BCUT2D eigenvalue weighted by atomic mass is 9.99. The van der Waals surface area contributed by atoms with Crippen molar-refractivity contribution < 1.29 is 9.21 Å². The zero-order chi connectivity index (χ0) is 15.4. The molecule has 0 fully saturated rings. The van der Waals surface area contributed by atoms with Crippen LogP contribution in [0.3, 0.4) is 0 Å². The number of nitrogens with zero attached hydrogens (tertiary/aromatic N) is 2. The Labute approximate surface area is 133 Å². The monoisotopic (exact) mass is 322 g/mol. The summed E-state index contributed by atoms with van der Waals surface area (Å²) in [5.41, 5.74) is 4.12. The number of rotatable bonds is 6. The van der Waals surface area contributed by atoms with E-state index in [9.17, 15) is 4.79 Å². The summed E-state index contributed by atoms with van der Waals surface area (Å²) >= 11 is 2.91. The lowest BCUT2D eigenvalue weighted by Crippen LogP contribution is -2.06. The first-order valence-electron chi connectivity index (χ1n) is 6.56. The van der Waals surface area contributed by atoms with E-state index in [1.54, 1.807) is 11.8 Å². The summed E-state index contributed by atoms with van der Waals surface area (Å²) in [6.45, 7) is 6.04. The van der Waals surface area contributed by atoms with E-state index >= 15 is 0 Å². The maximum atomic E-state index is 12.3. The van der Waals surface area contributed by atoms with Gasteiger partial charge in [0.05, 0.1) is 11.5 Å². The first-order chi connectivity index (χ1) is 10.0. The van der Waals surface area contributed by atoms with Gasteiger partial charge in [0.2, 0.25) is 5.89 Å². The van der Waals surface area contributed by atoms with Gasteiger partial charge in [0.1, 0.15) is 0 Å². The van der Waals surface area contributed by atoms with Crippen molar-refractivity contribution in [2.45, 2.75) is 31.7 Å². The van der Waals surface area contributed by atoms with Gasteiger partial charge in [-0.2, -0.15) is 11.8 Å². The third-order valence-electron chi connectivity index (χ3n) is 3.18. The number of carbonyl (C=O) groups excluding carboxylic acids is 1. The Morgan fingerprint density at radius 1 is 1.14 bits per heavy atom. The average molecular weight is 322 g/mol. The van der Waals surface area contributed by atoms with Gasteiger partial charge in [-0.05, 0) is 49.8 Å². The molecule has 112 valence electrons. The first kappa shape index (κ1) is 16.1. The van der Waals surface area contributed by atoms with Gasteiger partial charge in [-0.3, -0.25) is 4.79 Å². The maximum absolute atomic E-state index is 12.3. The Hall–Kier alpha value is -1.27. The molecular formula is C15H18N2O2S2. The molecule has 0 N–H and O–H groups in total. The van der Waals surface area contributed by atoms with Crippen LogP contribution in [0.5, 0.6) is 0 Å². The average Bonchev–Trinajstić information content (AvgIpc) is 2.88. The van der Waals surface area contributed by atoms with Crippen LogP contribution < -0.4 is 0 Å². The molecule has 0 saturated carbocycles. The predicted octanol–water partition coefficient (Wildman–Crippen LogP) is 3.83. The minimum atomic E-state index is 0.0882. The zero-order valence-electron chi connectivity index (χ0n) is 12.6. The molecule has 1 aromatic carbocycles. The molecule has 2 rings (SSSR count). The van der Waals surface area contributed by atoms with Crippen molar-refractivity contribution >= 4 is 29.3 Å². The van der Waals surface area contributed by atoms with E-state index in [1.165, 1.54) is 17.3 Å². The number of benzene rings is 1. The highest BCUT2D eigenvalue weighted by atomic mass is 32.2. The second kappa shape index (κ2) is 7.13. The molecule has 0 aliphatic heterocycles. The predicted molar refractivity (Wildman–Crippen MR) is 87.2 cm³/mol. The van der Waals surface area contributed by atoms with E-state index < -0.39 is 0 Å². The van der Waals surface area contributed by atoms with Crippen molar-refractivity contribution in [2.75, 3.05) is 12.0 Å². The fourth-order valence-corrected chi connectivity index (χ4v) is 2.97. The third kappa shape index (κ3) is 4.11. The van der Waals surface area contributed by atoms with E-state index in [0.717, 1.165) is 16.7 Å². The van der Waals surface area contributed by atoms with E-state index in [0.29, 0.717) is 22.6 Å². The van der Waals surface area contributed by atoms with Crippen molar-refractivity contribution in [3.05, 3.63) is 40.3 Å². The summed E-state index contributed by atoms with van der Waals surface area (Å²) in [5, 5.41) is 8.32. The van der Waals surface area contributed by atoms with E-state index in [-0.39, 0.29) is 5.78 Å². The molecular weight excluding hydrogens is 304 g/mol. The number of hydrogen-bond donors (Lipinski definition) is 0. The highest BCUT2D eigenvalue weighted by molar-refractivity contribution is 7.99. The molecule has 1 aromatic heterocycles. The van der Waals surface area contributed by atoms with Gasteiger partial charge < -0.3 is 4.42 Å². The van der Waals surface area contributed by atoms with Gasteiger partial charge in [-0.25, -0.2) is 0 Å². The van der Waals surface area contributed by atoms with Crippen LogP contribution >= 0.6 is 23.5 Å². The van der Waals surface area contributed by atoms with Crippen molar-refractivity contribution in [3.63, 3.8) is 0 Å². The third-order valence-corrected chi connectivity index (χ3v) is 4.54. The second-order valence-electron chi connectivity index (χ2n) is 4.86. The maximum Gasteiger partial charge on any atom is 0.277 e. The molecule has 0 amide bonds. The molecule has 0 atom stereocenters. The number of thioether (sulfide) groups is 2. The van der Waals surface area contributed by atoms with Crippen LogP contribution in [0.1, 0.15) is 32.9 Å². The topological polar surface area (TPSA) is 56.0 Å². The van der Waals surface area contributed by atoms with Crippen LogP contribution in [-0.2, 0) is 5.75 Å². The van der Waals surface area contributed by atoms with Gasteiger partial charge in [-0.1, -0.05) is 17.8 Å². The smallest absolute Gasteiger partial charge is 0.277 e. The number of ketones is 1. The first-order valence-corrected chi connectivity index (χ1v) is 8.94. The Balaban J connectivity index is 2.02.